The van der Waals surface area contributed by atoms with E-state index in [2.05, 4.69) is 74.5 Å². The summed E-state index contributed by atoms with van der Waals surface area (Å²) >= 11 is 0. The zero-order valence-corrected chi connectivity index (χ0v) is 13.3. The van der Waals surface area contributed by atoms with Crippen LogP contribution in [-0.2, 0) is 15.8 Å². The van der Waals surface area contributed by atoms with Gasteiger partial charge in [0.25, 0.3) is 0 Å². The molecule has 0 radical (unpaired) electrons. The predicted molar refractivity (Wildman–Crippen MR) is 87.6 cm³/mol. The van der Waals surface area contributed by atoms with Crippen LogP contribution in [0.3, 0.4) is 0 Å². The summed E-state index contributed by atoms with van der Waals surface area (Å²) < 4.78 is 6.62. The van der Waals surface area contributed by atoms with Crippen LogP contribution in [0.5, 0.6) is 0 Å². The van der Waals surface area contributed by atoms with E-state index in [-0.39, 0.29) is 16.6 Å². The largest absolute Gasteiger partial charge is 0.356 e. The Morgan fingerprint density at radius 2 is 1.32 bits per heavy atom. The topological polar surface area (TPSA) is 12.5 Å². The van der Waals surface area contributed by atoms with Gasteiger partial charge in [-0.15, -0.1) is 0 Å². The Hall–Kier alpha value is -1.60. The first-order valence-electron chi connectivity index (χ1n) is 8.46. The molecule has 112 valence electrons. The van der Waals surface area contributed by atoms with Gasteiger partial charge in [0.1, 0.15) is 11.2 Å². The SMILES string of the molecule is C[C@]12O[C@]1(c1ccccc1)[C@H]1CC[C@@H]1[C@@]2(C)c1ccccc1. The van der Waals surface area contributed by atoms with Crippen molar-refractivity contribution < 1.29 is 4.74 Å². The van der Waals surface area contributed by atoms with E-state index in [1.165, 1.54) is 24.0 Å². The lowest BCUT2D eigenvalue weighted by molar-refractivity contribution is -0.00318. The highest BCUT2D eigenvalue weighted by molar-refractivity contribution is 5.50. The zero-order valence-electron chi connectivity index (χ0n) is 13.3. The summed E-state index contributed by atoms with van der Waals surface area (Å²) in [5.41, 5.74) is 2.82. The van der Waals surface area contributed by atoms with Crippen molar-refractivity contribution in [2.24, 2.45) is 11.8 Å². The fourth-order valence-corrected chi connectivity index (χ4v) is 5.76. The van der Waals surface area contributed by atoms with Gasteiger partial charge in [0.15, 0.2) is 0 Å². The van der Waals surface area contributed by atoms with Gasteiger partial charge in [-0.25, -0.2) is 0 Å². The fourth-order valence-electron chi connectivity index (χ4n) is 5.76. The smallest absolute Gasteiger partial charge is 0.127 e. The van der Waals surface area contributed by atoms with E-state index in [4.69, 9.17) is 4.74 Å². The number of rotatable bonds is 2. The summed E-state index contributed by atoms with van der Waals surface area (Å²) in [6.45, 7) is 4.79. The molecule has 0 N–H and O–H groups in total. The first kappa shape index (κ1) is 12.9. The Morgan fingerprint density at radius 3 is 1.86 bits per heavy atom. The lowest BCUT2D eigenvalue weighted by Crippen LogP contribution is -2.45. The molecule has 1 saturated heterocycles. The highest BCUT2D eigenvalue weighted by Crippen LogP contribution is 2.81. The van der Waals surface area contributed by atoms with E-state index in [9.17, 15) is 0 Å². The maximum Gasteiger partial charge on any atom is 0.127 e. The molecule has 0 bridgehead atoms. The van der Waals surface area contributed by atoms with Crippen molar-refractivity contribution in [2.75, 3.05) is 0 Å². The van der Waals surface area contributed by atoms with Gasteiger partial charge in [-0.2, -0.15) is 0 Å². The molecule has 2 aromatic carbocycles. The fraction of sp³-hybridized carbons (Fsp3) is 0.429. The number of ether oxygens (including phenoxy) is 1. The van der Waals surface area contributed by atoms with Crippen LogP contribution in [0.4, 0.5) is 0 Å². The van der Waals surface area contributed by atoms with Crippen LogP contribution in [0.2, 0.25) is 0 Å². The Morgan fingerprint density at radius 1 is 0.773 bits per heavy atom. The summed E-state index contributed by atoms with van der Waals surface area (Å²) in [5.74, 6) is 1.42. The molecule has 0 unspecified atom stereocenters. The van der Waals surface area contributed by atoms with Crippen LogP contribution in [-0.4, -0.2) is 5.60 Å². The van der Waals surface area contributed by atoms with E-state index in [1.807, 2.05) is 0 Å². The standard InChI is InChI=1S/C21H22O/c1-19(15-9-5-3-6-10-15)17-13-14-18(17)21(20(19,2)22-21)16-11-7-4-8-12-16/h3-12,17-18H,13-14H2,1-2H3/t17-,18-,19+,20+,21+/m0/s1. The molecule has 3 aliphatic rings. The van der Waals surface area contributed by atoms with Crippen molar-refractivity contribution in [3.63, 3.8) is 0 Å². The average Bonchev–Trinajstić information content (AvgIpc) is 3.13. The van der Waals surface area contributed by atoms with E-state index < -0.39 is 0 Å². The summed E-state index contributed by atoms with van der Waals surface area (Å²) in [4.78, 5) is 0. The number of hydrogen-bond acceptors (Lipinski definition) is 1. The van der Waals surface area contributed by atoms with Crippen molar-refractivity contribution in [3.8, 4) is 0 Å². The molecule has 2 aliphatic carbocycles. The third kappa shape index (κ3) is 1.16. The van der Waals surface area contributed by atoms with Gasteiger partial charge in [0.05, 0.1) is 0 Å². The van der Waals surface area contributed by atoms with Crippen LogP contribution in [0.1, 0.15) is 37.8 Å². The van der Waals surface area contributed by atoms with Crippen LogP contribution in [0, 0.1) is 11.8 Å². The highest BCUT2D eigenvalue weighted by Gasteiger charge is 2.87. The van der Waals surface area contributed by atoms with E-state index in [0.717, 1.165) is 5.92 Å². The molecular formula is C21H22O. The van der Waals surface area contributed by atoms with Crippen molar-refractivity contribution in [1.29, 1.82) is 0 Å². The van der Waals surface area contributed by atoms with Gasteiger partial charge in [-0.1, -0.05) is 67.6 Å². The molecule has 2 aromatic rings. The Labute approximate surface area is 132 Å². The van der Waals surface area contributed by atoms with Crippen molar-refractivity contribution >= 4 is 0 Å². The van der Waals surface area contributed by atoms with E-state index in [1.54, 1.807) is 0 Å². The minimum atomic E-state index is -0.0749. The van der Waals surface area contributed by atoms with Gasteiger partial charge in [0, 0.05) is 5.41 Å². The predicted octanol–water partition coefficient (Wildman–Crippen LogP) is 4.67. The van der Waals surface area contributed by atoms with Gasteiger partial charge in [-0.05, 0) is 42.7 Å². The number of hydrogen-bond donors (Lipinski definition) is 0. The third-order valence-electron chi connectivity index (χ3n) is 7.14. The monoisotopic (exact) mass is 290 g/mol. The number of benzene rings is 2. The lowest BCUT2D eigenvalue weighted by atomic mass is 9.60. The molecule has 3 fully saturated rings. The highest BCUT2D eigenvalue weighted by atomic mass is 16.6. The molecule has 22 heavy (non-hydrogen) atoms. The second-order valence-corrected chi connectivity index (χ2v) is 7.60. The molecular weight excluding hydrogens is 268 g/mol. The number of fused-ring (bicyclic) bond motifs is 3. The van der Waals surface area contributed by atoms with Crippen LogP contribution in [0.15, 0.2) is 60.7 Å². The molecule has 1 heteroatoms. The molecule has 1 nitrogen and oxygen atoms in total. The van der Waals surface area contributed by atoms with Crippen LogP contribution in [0.25, 0.3) is 0 Å². The summed E-state index contributed by atoms with van der Waals surface area (Å²) in [6, 6.07) is 22.0. The third-order valence-corrected chi connectivity index (χ3v) is 7.14. The van der Waals surface area contributed by atoms with Crippen molar-refractivity contribution in [3.05, 3.63) is 71.8 Å². The molecule has 1 heterocycles. The molecule has 5 atom stereocenters. The molecule has 1 aliphatic heterocycles. The van der Waals surface area contributed by atoms with Crippen molar-refractivity contribution in [1.82, 2.24) is 0 Å². The minimum absolute atomic E-state index is 0.0538. The Bertz CT molecular complexity index is 720. The second-order valence-electron chi connectivity index (χ2n) is 7.60. The Balaban J connectivity index is 1.70. The van der Waals surface area contributed by atoms with E-state index in [0.29, 0.717) is 5.92 Å². The van der Waals surface area contributed by atoms with Crippen molar-refractivity contribution in [2.45, 2.75) is 43.3 Å². The van der Waals surface area contributed by atoms with Gasteiger partial charge in [-0.3, -0.25) is 0 Å². The average molecular weight is 290 g/mol. The first-order valence-corrected chi connectivity index (χ1v) is 8.46. The van der Waals surface area contributed by atoms with Crippen LogP contribution >= 0.6 is 0 Å². The summed E-state index contributed by atoms with van der Waals surface area (Å²) in [7, 11) is 0. The van der Waals surface area contributed by atoms with Gasteiger partial charge in [0.2, 0.25) is 0 Å². The molecule has 5 rings (SSSR count). The maximum atomic E-state index is 6.62. The first-order chi connectivity index (χ1) is 10.6. The van der Waals surface area contributed by atoms with Crippen LogP contribution < -0.4 is 0 Å². The summed E-state index contributed by atoms with van der Waals surface area (Å²) in [6.07, 6.45) is 2.64. The van der Waals surface area contributed by atoms with E-state index >= 15 is 0 Å². The normalized spacial score (nSPS) is 44.8. The number of epoxide rings is 1. The van der Waals surface area contributed by atoms with Gasteiger partial charge < -0.3 is 4.74 Å². The molecule has 0 amide bonds. The quantitative estimate of drug-likeness (QED) is 0.732. The van der Waals surface area contributed by atoms with Gasteiger partial charge >= 0.3 is 0 Å². The molecule has 0 aromatic heterocycles. The second kappa shape index (κ2) is 3.83. The molecule has 2 saturated carbocycles. The maximum absolute atomic E-state index is 6.62. The zero-order chi connectivity index (χ0) is 15.0. The minimum Gasteiger partial charge on any atom is -0.356 e. The molecule has 0 spiro atoms. The summed E-state index contributed by atoms with van der Waals surface area (Å²) in [5, 5.41) is 0. The Kier molecular flexibility index (Phi) is 2.25. The lowest BCUT2D eigenvalue weighted by Gasteiger charge is -2.46.